The van der Waals surface area contributed by atoms with Gasteiger partial charge in [0.25, 0.3) is 0 Å². The molecule has 1 N–H and O–H groups in total. The van der Waals surface area contributed by atoms with E-state index < -0.39 is 0 Å². The number of nitrogens with zero attached hydrogens (tertiary/aromatic N) is 2. The number of rotatable bonds is 5. The smallest absolute Gasteiger partial charge is 0.123 e. The summed E-state index contributed by atoms with van der Waals surface area (Å²) < 4.78 is 8.36. The first-order valence-corrected chi connectivity index (χ1v) is 7.34. The number of hydrogen-bond donors (Lipinski definition) is 1. The van der Waals surface area contributed by atoms with Gasteiger partial charge in [-0.15, -0.1) is 0 Å². The van der Waals surface area contributed by atoms with Crippen molar-refractivity contribution < 1.29 is 4.74 Å². The van der Waals surface area contributed by atoms with Crippen LogP contribution in [0.2, 0.25) is 0 Å². The first-order valence-electron chi connectivity index (χ1n) is 6.55. The molecule has 2 rings (SSSR count). The van der Waals surface area contributed by atoms with E-state index in [1.54, 1.807) is 7.11 Å². The molecule has 0 amide bonds. The van der Waals surface area contributed by atoms with Crippen LogP contribution in [0.1, 0.15) is 22.5 Å². The molecule has 0 atom stereocenters. The average molecular weight is 338 g/mol. The summed E-state index contributed by atoms with van der Waals surface area (Å²) in [5, 5.41) is 7.89. The summed E-state index contributed by atoms with van der Waals surface area (Å²) in [6, 6.07) is 6.04. The van der Waals surface area contributed by atoms with Gasteiger partial charge in [0.1, 0.15) is 5.75 Å². The molecule has 4 nitrogen and oxygen atoms in total. The van der Waals surface area contributed by atoms with E-state index in [9.17, 15) is 0 Å². The molecule has 0 aliphatic rings. The highest BCUT2D eigenvalue weighted by Crippen LogP contribution is 2.23. The number of ether oxygens (including phenoxy) is 1. The molecule has 0 spiro atoms. The van der Waals surface area contributed by atoms with Crippen LogP contribution in [0, 0.1) is 13.8 Å². The number of hydrogen-bond acceptors (Lipinski definition) is 3. The fourth-order valence-corrected chi connectivity index (χ4v) is 2.69. The van der Waals surface area contributed by atoms with Crippen molar-refractivity contribution in [3.05, 3.63) is 45.2 Å². The molecule has 20 heavy (non-hydrogen) atoms. The van der Waals surface area contributed by atoms with Gasteiger partial charge in [0, 0.05) is 41.4 Å². The molecule has 108 valence electrons. The zero-order valence-electron chi connectivity index (χ0n) is 12.3. The molecular formula is C15H20BrN3O. The van der Waals surface area contributed by atoms with Gasteiger partial charge < -0.3 is 10.1 Å². The van der Waals surface area contributed by atoms with Crippen molar-refractivity contribution in [3.8, 4) is 5.75 Å². The summed E-state index contributed by atoms with van der Waals surface area (Å²) in [5.41, 5.74) is 4.69. The third kappa shape index (κ3) is 3.22. The molecule has 0 fully saturated rings. The summed E-state index contributed by atoms with van der Waals surface area (Å²) in [6.45, 7) is 5.71. The van der Waals surface area contributed by atoms with Gasteiger partial charge in [0.2, 0.25) is 0 Å². The van der Waals surface area contributed by atoms with E-state index in [-0.39, 0.29) is 0 Å². The third-order valence-electron chi connectivity index (χ3n) is 3.52. The molecule has 5 heteroatoms. The zero-order chi connectivity index (χ0) is 14.7. The second-order valence-corrected chi connectivity index (χ2v) is 5.75. The number of aromatic nitrogens is 2. The number of methoxy groups -OCH3 is 1. The minimum Gasteiger partial charge on any atom is -0.496 e. The standard InChI is InChI=1S/C15H20BrN3O/c1-10-14(11(2)19(3)18-10)9-17-8-12-7-13(16)5-6-15(12)20-4/h5-7,17H,8-9H2,1-4H3. The van der Waals surface area contributed by atoms with Gasteiger partial charge in [-0.05, 0) is 32.0 Å². The predicted octanol–water partition coefficient (Wildman–Crippen LogP) is 3.10. The molecule has 0 unspecified atom stereocenters. The van der Waals surface area contributed by atoms with Crippen molar-refractivity contribution in [3.63, 3.8) is 0 Å². The fraction of sp³-hybridized carbons (Fsp3) is 0.400. The molecule has 0 saturated heterocycles. The van der Waals surface area contributed by atoms with E-state index in [0.29, 0.717) is 0 Å². The highest BCUT2D eigenvalue weighted by molar-refractivity contribution is 9.10. The molecule has 1 heterocycles. The quantitative estimate of drug-likeness (QED) is 0.911. The van der Waals surface area contributed by atoms with Gasteiger partial charge in [-0.2, -0.15) is 5.10 Å². The molecule has 1 aromatic heterocycles. The largest absolute Gasteiger partial charge is 0.496 e. The van der Waals surface area contributed by atoms with Crippen molar-refractivity contribution in [1.29, 1.82) is 0 Å². The van der Waals surface area contributed by atoms with E-state index in [2.05, 4.69) is 39.3 Å². The van der Waals surface area contributed by atoms with Crippen LogP contribution in [0.25, 0.3) is 0 Å². The van der Waals surface area contributed by atoms with Crippen molar-refractivity contribution in [1.82, 2.24) is 15.1 Å². The molecule has 0 aliphatic carbocycles. The van der Waals surface area contributed by atoms with E-state index in [1.165, 1.54) is 11.3 Å². The lowest BCUT2D eigenvalue weighted by Crippen LogP contribution is -2.14. The van der Waals surface area contributed by atoms with Crippen LogP contribution >= 0.6 is 15.9 Å². The van der Waals surface area contributed by atoms with Crippen molar-refractivity contribution in [2.45, 2.75) is 26.9 Å². The molecule has 0 saturated carbocycles. The van der Waals surface area contributed by atoms with Crippen LogP contribution in [0.4, 0.5) is 0 Å². The first-order chi connectivity index (χ1) is 9.52. The SMILES string of the molecule is COc1ccc(Br)cc1CNCc1c(C)nn(C)c1C. The Morgan fingerprint density at radius 1 is 1.30 bits per heavy atom. The van der Waals surface area contributed by atoms with Gasteiger partial charge in [0.15, 0.2) is 0 Å². The third-order valence-corrected chi connectivity index (χ3v) is 4.01. The first kappa shape index (κ1) is 15.1. The molecule has 0 bridgehead atoms. The molecular weight excluding hydrogens is 318 g/mol. The van der Waals surface area contributed by atoms with Crippen molar-refractivity contribution in [2.75, 3.05) is 7.11 Å². The lowest BCUT2D eigenvalue weighted by molar-refractivity contribution is 0.407. The number of benzene rings is 1. The second-order valence-electron chi connectivity index (χ2n) is 4.83. The summed E-state index contributed by atoms with van der Waals surface area (Å²) in [5.74, 6) is 0.903. The Labute approximate surface area is 128 Å². The predicted molar refractivity (Wildman–Crippen MR) is 83.9 cm³/mol. The normalized spacial score (nSPS) is 10.8. The Kier molecular flexibility index (Phi) is 4.83. The minimum atomic E-state index is 0.760. The topological polar surface area (TPSA) is 39.1 Å². The highest BCUT2D eigenvalue weighted by atomic mass is 79.9. The fourth-order valence-electron chi connectivity index (χ4n) is 2.28. The lowest BCUT2D eigenvalue weighted by atomic mass is 10.1. The van der Waals surface area contributed by atoms with Crippen molar-refractivity contribution in [2.24, 2.45) is 7.05 Å². The maximum absolute atomic E-state index is 5.38. The number of aryl methyl sites for hydroxylation is 2. The highest BCUT2D eigenvalue weighted by Gasteiger charge is 2.09. The Morgan fingerprint density at radius 3 is 2.65 bits per heavy atom. The summed E-state index contributed by atoms with van der Waals surface area (Å²) in [4.78, 5) is 0. The second kappa shape index (κ2) is 6.41. The van der Waals surface area contributed by atoms with Crippen LogP contribution in [0.15, 0.2) is 22.7 Å². The van der Waals surface area contributed by atoms with Crippen LogP contribution in [-0.2, 0) is 20.1 Å². The zero-order valence-corrected chi connectivity index (χ0v) is 13.9. The van der Waals surface area contributed by atoms with Crippen LogP contribution in [0.3, 0.4) is 0 Å². The van der Waals surface area contributed by atoms with Gasteiger partial charge in [0.05, 0.1) is 12.8 Å². The van der Waals surface area contributed by atoms with Gasteiger partial charge in [-0.3, -0.25) is 4.68 Å². The van der Waals surface area contributed by atoms with Gasteiger partial charge in [-0.1, -0.05) is 15.9 Å². The Morgan fingerprint density at radius 2 is 2.05 bits per heavy atom. The minimum absolute atomic E-state index is 0.760. The molecule has 0 aliphatic heterocycles. The molecule has 0 radical (unpaired) electrons. The summed E-state index contributed by atoms with van der Waals surface area (Å²) in [6.07, 6.45) is 0. The van der Waals surface area contributed by atoms with Gasteiger partial charge in [-0.25, -0.2) is 0 Å². The maximum Gasteiger partial charge on any atom is 0.123 e. The number of nitrogens with one attached hydrogen (secondary N) is 1. The van der Waals surface area contributed by atoms with Crippen LogP contribution in [-0.4, -0.2) is 16.9 Å². The maximum atomic E-state index is 5.38. The number of halogens is 1. The Hall–Kier alpha value is -1.33. The monoisotopic (exact) mass is 337 g/mol. The van der Waals surface area contributed by atoms with E-state index in [1.807, 2.05) is 30.8 Å². The lowest BCUT2D eigenvalue weighted by Gasteiger charge is -2.10. The summed E-state index contributed by atoms with van der Waals surface area (Å²) >= 11 is 3.49. The Bertz CT molecular complexity index is 607. The summed E-state index contributed by atoms with van der Waals surface area (Å²) in [7, 11) is 3.67. The van der Waals surface area contributed by atoms with Gasteiger partial charge >= 0.3 is 0 Å². The van der Waals surface area contributed by atoms with E-state index >= 15 is 0 Å². The molecule has 2 aromatic rings. The van der Waals surface area contributed by atoms with Crippen LogP contribution in [0.5, 0.6) is 5.75 Å². The average Bonchev–Trinajstić information content (AvgIpc) is 2.65. The Balaban J connectivity index is 2.04. The van der Waals surface area contributed by atoms with E-state index in [4.69, 9.17) is 4.74 Å². The van der Waals surface area contributed by atoms with Crippen LogP contribution < -0.4 is 10.1 Å². The van der Waals surface area contributed by atoms with Crippen molar-refractivity contribution >= 4 is 15.9 Å². The molecule has 1 aromatic carbocycles. The van der Waals surface area contributed by atoms with E-state index in [0.717, 1.165) is 34.6 Å².